The average Bonchev–Trinajstić information content (AvgIpc) is 2.84. The van der Waals surface area contributed by atoms with E-state index in [9.17, 15) is 0 Å². The molecule has 17 heavy (non-hydrogen) atoms. The summed E-state index contributed by atoms with van der Waals surface area (Å²) in [7, 11) is 1.63. The number of hydrogen-bond acceptors (Lipinski definition) is 5. The molecule has 0 saturated heterocycles. The van der Waals surface area contributed by atoms with Crippen LogP contribution in [0, 0.1) is 0 Å². The van der Waals surface area contributed by atoms with Crippen molar-refractivity contribution >= 4 is 11.3 Å². The lowest BCUT2D eigenvalue weighted by Gasteiger charge is -2.05. The molecular formula is C12H14N2O2S. The second kappa shape index (κ2) is 5.65. The standard InChI is InChI=1S/C12H14N2O2S/c1-15-10-3-2-4-11(5-10)16-7-12-14-9(6-13)8-17-12/h2-5,8H,6-7,13H2,1H3. The molecule has 0 amide bonds. The van der Waals surface area contributed by atoms with E-state index in [-0.39, 0.29) is 0 Å². The number of rotatable bonds is 5. The van der Waals surface area contributed by atoms with Gasteiger partial charge in [-0.3, -0.25) is 0 Å². The molecule has 0 aliphatic heterocycles. The monoisotopic (exact) mass is 250 g/mol. The predicted octanol–water partition coefficient (Wildman–Crippen LogP) is 2.19. The Labute approximate surface area is 104 Å². The number of nitrogens with zero attached hydrogens (tertiary/aromatic N) is 1. The van der Waals surface area contributed by atoms with Crippen LogP contribution >= 0.6 is 11.3 Å². The fraction of sp³-hybridized carbons (Fsp3) is 0.250. The molecule has 0 saturated carbocycles. The molecule has 90 valence electrons. The van der Waals surface area contributed by atoms with Gasteiger partial charge in [0.1, 0.15) is 23.1 Å². The molecule has 0 spiro atoms. The summed E-state index contributed by atoms with van der Waals surface area (Å²) in [4.78, 5) is 4.32. The van der Waals surface area contributed by atoms with Crippen LogP contribution in [0.25, 0.3) is 0 Å². The summed E-state index contributed by atoms with van der Waals surface area (Å²) in [5, 5.41) is 2.87. The number of aromatic nitrogens is 1. The van der Waals surface area contributed by atoms with E-state index in [2.05, 4.69) is 4.98 Å². The van der Waals surface area contributed by atoms with Crippen molar-refractivity contribution in [3.8, 4) is 11.5 Å². The van der Waals surface area contributed by atoms with Crippen molar-refractivity contribution in [1.29, 1.82) is 0 Å². The molecule has 2 N–H and O–H groups in total. The van der Waals surface area contributed by atoms with E-state index in [0.29, 0.717) is 13.2 Å². The third-order valence-corrected chi connectivity index (χ3v) is 3.08. The lowest BCUT2D eigenvalue weighted by Crippen LogP contribution is -1.99. The predicted molar refractivity (Wildman–Crippen MR) is 67.3 cm³/mol. The molecule has 0 radical (unpaired) electrons. The molecule has 0 aliphatic rings. The van der Waals surface area contributed by atoms with E-state index < -0.39 is 0 Å². The van der Waals surface area contributed by atoms with Crippen molar-refractivity contribution in [3.63, 3.8) is 0 Å². The van der Waals surface area contributed by atoms with Gasteiger partial charge >= 0.3 is 0 Å². The van der Waals surface area contributed by atoms with Gasteiger partial charge in [-0.15, -0.1) is 11.3 Å². The number of hydrogen-bond donors (Lipinski definition) is 1. The summed E-state index contributed by atoms with van der Waals surface area (Å²) in [5.74, 6) is 1.55. The van der Waals surface area contributed by atoms with Crippen LogP contribution in [0.3, 0.4) is 0 Å². The van der Waals surface area contributed by atoms with Crippen molar-refractivity contribution in [2.24, 2.45) is 5.73 Å². The van der Waals surface area contributed by atoms with Crippen LogP contribution in [0.5, 0.6) is 11.5 Å². The third-order valence-electron chi connectivity index (χ3n) is 2.21. The normalized spacial score (nSPS) is 10.2. The van der Waals surface area contributed by atoms with Crippen LogP contribution in [-0.4, -0.2) is 12.1 Å². The fourth-order valence-corrected chi connectivity index (χ4v) is 2.06. The molecule has 1 heterocycles. The minimum absolute atomic E-state index is 0.456. The Balaban J connectivity index is 1.96. The van der Waals surface area contributed by atoms with Gasteiger partial charge in [-0.25, -0.2) is 4.98 Å². The van der Waals surface area contributed by atoms with Gasteiger partial charge in [0.2, 0.25) is 0 Å². The summed E-state index contributed by atoms with van der Waals surface area (Å²) in [6.07, 6.45) is 0. The van der Waals surface area contributed by atoms with E-state index in [1.807, 2.05) is 29.6 Å². The van der Waals surface area contributed by atoms with E-state index in [0.717, 1.165) is 22.2 Å². The second-order valence-electron chi connectivity index (χ2n) is 3.40. The summed E-state index contributed by atoms with van der Waals surface area (Å²) in [6, 6.07) is 7.50. The minimum atomic E-state index is 0.456. The second-order valence-corrected chi connectivity index (χ2v) is 4.35. The van der Waals surface area contributed by atoms with Gasteiger partial charge in [0.05, 0.1) is 12.8 Å². The van der Waals surface area contributed by atoms with Gasteiger partial charge in [-0.1, -0.05) is 6.07 Å². The van der Waals surface area contributed by atoms with Gasteiger partial charge in [0.15, 0.2) is 0 Å². The van der Waals surface area contributed by atoms with E-state index in [4.69, 9.17) is 15.2 Å². The summed E-state index contributed by atoms with van der Waals surface area (Å²) >= 11 is 1.56. The number of ether oxygens (including phenoxy) is 2. The Kier molecular flexibility index (Phi) is 3.95. The Morgan fingerprint density at radius 2 is 2.18 bits per heavy atom. The largest absolute Gasteiger partial charge is 0.497 e. The summed E-state index contributed by atoms with van der Waals surface area (Å²) in [6.45, 7) is 0.924. The highest BCUT2D eigenvalue weighted by Gasteiger charge is 2.02. The van der Waals surface area contributed by atoms with Crippen molar-refractivity contribution in [3.05, 3.63) is 40.3 Å². The quantitative estimate of drug-likeness (QED) is 0.883. The summed E-state index contributed by atoms with van der Waals surface area (Å²) < 4.78 is 10.7. The number of benzene rings is 1. The topological polar surface area (TPSA) is 57.4 Å². The Morgan fingerprint density at radius 3 is 2.88 bits per heavy atom. The van der Waals surface area contributed by atoms with Crippen LogP contribution in [-0.2, 0) is 13.2 Å². The van der Waals surface area contributed by atoms with Crippen molar-refractivity contribution < 1.29 is 9.47 Å². The number of thiazole rings is 1. The van der Waals surface area contributed by atoms with E-state index in [1.54, 1.807) is 18.4 Å². The smallest absolute Gasteiger partial charge is 0.140 e. The molecule has 0 atom stereocenters. The van der Waals surface area contributed by atoms with Gasteiger partial charge in [0, 0.05) is 18.0 Å². The lowest BCUT2D eigenvalue weighted by molar-refractivity contribution is 0.303. The van der Waals surface area contributed by atoms with E-state index in [1.165, 1.54) is 0 Å². The molecule has 0 aliphatic carbocycles. The van der Waals surface area contributed by atoms with Crippen LogP contribution in [0.4, 0.5) is 0 Å². The van der Waals surface area contributed by atoms with Crippen LogP contribution in [0.1, 0.15) is 10.7 Å². The molecule has 0 unspecified atom stereocenters. The molecule has 2 rings (SSSR count). The van der Waals surface area contributed by atoms with Gasteiger partial charge in [-0.05, 0) is 12.1 Å². The first-order valence-electron chi connectivity index (χ1n) is 5.22. The van der Waals surface area contributed by atoms with Crippen molar-refractivity contribution in [1.82, 2.24) is 4.98 Å². The lowest BCUT2D eigenvalue weighted by atomic mass is 10.3. The minimum Gasteiger partial charge on any atom is -0.497 e. The zero-order valence-corrected chi connectivity index (χ0v) is 10.4. The van der Waals surface area contributed by atoms with Crippen LogP contribution in [0.2, 0.25) is 0 Å². The number of methoxy groups -OCH3 is 1. The average molecular weight is 250 g/mol. The summed E-state index contributed by atoms with van der Waals surface area (Å²) in [5.41, 5.74) is 6.40. The first-order valence-corrected chi connectivity index (χ1v) is 6.10. The zero-order chi connectivity index (χ0) is 12.1. The Bertz CT molecular complexity index is 485. The third kappa shape index (κ3) is 3.18. The number of nitrogens with two attached hydrogens (primary N) is 1. The van der Waals surface area contributed by atoms with Gasteiger partial charge < -0.3 is 15.2 Å². The SMILES string of the molecule is COc1cccc(OCc2nc(CN)cs2)c1. The molecule has 2 aromatic rings. The van der Waals surface area contributed by atoms with Crippen LogP contribution in [0.15, 0.2) is 29.6 Å². The molecule has 5 heteroatoms. The maximum absolute atomic E-state index is 5.62. The highest BCUT2D eigenvalue weighted by molar-refractivity contribution is 7.09. The van der Waals surface area contributed by atoms with Gasteiger partial charge in [-0.2, -0.15) is 0 Å². The van der Waals surface area contributed by atoms with E-state index >= 15 is 0 Å². The first kappa shape index (κ1) is 11.9. The van der Waals surface area contributed by atoms with Gasteiger partial charge in [0.25, 0.3) is 0 Å². The maximum atomic E-state index is 5.62. The molecular weight excluding hydrogens is 236 g/mol. The molecule has 1 aromatic carbocycles. The zero-order valence-electron chi connectivity index (χ0n) is 9.55. The molecule has 0 bridgehead atoms. The Morgan fingerprint density at radius 1 is 1.35 bits per heavy atom. The first-order chi connectivity index (χ1) is 8.31. The highest BCUT2D eigenvalue weighted by Crippen LogP contribution is 2.20. The molecule has 1 aromatic heterocycles. The van der Waals surface area contributed by atoms with Crippen LogP contribution < -0.4 is 15.2 Å². The Hall–Kier alpha value is -1.59. The fourth-order valence-electron chi connectivity index (χ4n) is 1.35. The van der Waals surface area contributed by atoms with Crippen molar-refractivity contribution in [2.75, 3.05) is 7.11 Å². The maximum Gasteiger partial charge on any atom is 0.140 e. The van der Waals surface area contributed by atoms with Crippen molar-refractivity contribution in [2.45, 2.75) is 13.2 Å². The molecule has 4 nitrogen and oxygen atoms in total. The highest BCUT2D eigenvalue weighted by atomic mass is 32.1. The molecule has 0 fully saturated rings.